The van der Waals surface area contributed by atoms with Crippen LogP contribution in [-0.4, -0.2) is 51.4 Å². The molecule has 1 unspecified atom stereocenters. The Labute approximate surface area is 186 Å². The van der Waals surface area contributed by atoms with E-state index in [1.807, 2.05) is 0 Å². The Morgan fingerprint density at radius 1 is 1.06 bits per heavy atom. The van der Waals surface area contributed by atoms with Gasteiger partial charge < -0.3 is 24.3 Å². The summed E-state index contributed by atoms with van der Waals surface area (Å²) in [7, 11) is 1.27. The van der Waals surface area contributed by atoms with E-state index in [4.69, 9.17) is 30.5 Å². The second-order valence-electron chi connectivity index (χ2n) is 6.62. The molecule has 9 heteroatoms. The first kappa shape index (κ1) is 24.4. The molecule has 0 saturated carbocycles. The number of benzene rings is 1. The molecule has 1 heterocycles. The molecule has 1 N–H and O–H groups in total. The molecule has 0 bridgehead atoms. The topological polar surface area (TPSA) is 100 Å². The summed E-state index contributed by atoms with van der Waals surface area (Å²) in [6.07, 6.45) is 0. The number of hydrogen-bond donors (Lipinski definition) is 1. The fraction of sp³-hybridized carbons (Fsp3) is 0.409. The van der Waals surface area contributed by atoms with E-state index < -0.39 is 23.8 Å². The summed E-state index contributed by atoms with van der Waals surface area (Å²) >= 11 is 6.44. The molecule has 31 heavy (non-hydrogen) atoms. The molecule has 1 aromatic rings. The van der Waals surface area contributed by atoms with Crippen LogP contribution in [0.25, 0.3) is 0 Å². The average molecular weight is 452 g/mol. The van der Waals surface area contributed by atoms with Gasteiger partial charge in [0.15, 0.2) is 0 Å². The summed E-state index contributed by atoms with van der Waals surface area (Å²) in [4.78, 5) is 36.5. The lowest BCUT2D eigenvalue weighted by Crippen LogP contribution is -2.35. The lowest BCUT2D eigenvalue weighted by atomic mass is 9.80. The number of hydrogen-bond acceptors (Lipinski definition) is 8. The highest BCUT2D eigenvalue weighted by atomic mass is 35.5. The maximum atomic E-state index is 13.0. The Morgan fingerprint density at radius 3 is 2.39 bits per heavy atom. The highest BCUT2D eigenvalue weighted by Crippen LogP contribution is 2.41. The zero-order valence-electron chi connectivity index (χ0n) is 18.0. The minimum atomic E-state index is -0.812. The van der Waals surface area contributed by atoms with Gasteiger partial charge in [-0.1, -0.05) is 29.8 Å². The second kappa shape index (κ2) is 11.5. The molecule has 0 aromatic heterocycles. The van der Waals surface area contributed by atoms with Crippen LogP contribution in [0.15, 0.2) is 46.8 Å². The standard InChI is InChI=1S/C22H26ClNO7/c1-5-30-22(27)20-17(12-29-10-11-31-14(3)25)24-13(2)18(21(26)28-4)19(20)15-8-6-7-9-16(15)23/h6-9,19,24H,5,10-12H2,1-4H3. The van der Waals surface area contributed by atoms with Gasteiger partial charge >= 0.3 is 17.9 Å². The third-order valence-electron chi connectivity index (χ3n) is 4.54. The molecule has 1 atom stereocenters. The number of nitrogens with one attached hydrogen (secondary N) is 1. The van der Waals surface area contributed by atoms with Crippen LogP contribution < -0.4 is 5.32 Å². The number of rotatable bonds is 9. The van der Waals surface area contributed by atoms with Gasteiger partial charge in [0.2, 0.25) is 0 Å². The molecule has 0 amide bonds. The number of allylic oxidation sites excluding steroid dienone is 1. The van der Waals surface area contributed by atoms with E-state index in [-0.39, 0.29) is 37.6 Å². The maximum Gasteiger partial charge on any atom is 0.336 e. The zero-order chi connectivity index (χ0) is 23.0. The molecule has 1 aliphatic rings. The third kappa shape index (κ3) is 6.08. The van der Waals surface area contributed by atoms with Crippen LogP contribution in [0.4, 0.5) is 0 Å². The largest absolute Gasteiger partial charge is 0.466 e. The molecule has 8 nitrogen and oxygen atoms in total. The molecular weight excluding hydrogens is 426 g/mol. The second-order valence-corrected chi connectivity index (χ2v) is 7.02. The first-order valence-corrected chi connectivity index (χ1v) is 10.1. The van der Waals surface area contributed by atoms with Crippen molar-refractivity contribution in [2.75, 3.05) is 33.5 Å². The predicted molar refractivity (Wildman–Crippen MR) is 113 cm³/mol. The lowest BCUT2D eigenvalue weighted by Gasteiger charge is -2.31. The van der Waals surface area contributed by atoms with E-state index in [1.165, 1.54) is 14.0 Å². The molecule has 1 aromatic carbocycles. The summed E-state index contributed by atoms with van der Waals surface area (Å²) in [5, 5.41) is 3.46. The fourth-order valence-corrected chi connectivity index (χ4v) is 3.52. The molecule has 0 aliphatic carbocycles. The fourth-order valence-electron chi connectivity index (χ4n) is 3.28. The van der Waals surface area contributed by atoms with Gasteiger partial charge in [-0.2, -0.15) is 0 Å². The summed E-state index contributed by atoms with van der Waals surface area (Å²) in [6, 6.07) is 6.95. The van der Waals surface area contributed by atoms with Gasteiger partial charge in [-0.3, -0.25) is 4.79 Å². The SMILES string of the molecule is CCOC(=O)C1=C(COCCOC(C)=O)NC(C)=C(C(=O)OC)C1c1ccccc1Cl. The van der Waals surface area contributed by atoms with Gasteiger partial charge in [0.05, 0.1) is 49.7 Å². The molecule has 1 aliphatic heterocycles. The average Bonchev–Trinajstić information content (AvgIpc) is 2.72. The van der Waals surface area contributed by atoms with Gasteiger partial charge in [-0.05, 0) is 25.5 Å². The van der Waals surface area contributed by atoms with Gasteiger partial charge in [0.1, 0.15) is 6.61 Å². The van der Waals surface area contributed by atoms with Gasteiger partial charge in [0, 0.05) is 17.6 Å². The van der Waals surface area contributed by atoms with Crippen molar-refractivity contribution in [1.29, 1.82) is 0 Å². The van der Waals surface area contributed by atoms with E-state index in [9.17, 15) is 14.4 Å². The van der Waals surface area contributed by atoms with E-state index in [0.29, 0.717) is 22.0 Å². The monoisotopic (exact) mass is 451 g/mol. The van der Waals surface area contributed by atoms with Crippen molar-refractivity contribution in [2.24, 2.45) is 0 Å². The predicted octanol–water partition coefficient (Wildman–Crippen LogP) is 2.87. The number of ether oxygens (including phenoxy) is 4. The number of carbonyl (C=O) groups excluding carboxylic acids is 3. The molecule has 0 fully saturated rings. The van der Waals surface area contributed by atoms with Crippen molar-refractivity contribution in [1.82, 2.24) is 5.32 Å². The van der Waals surface area contributed by atoms with Gasteiger partial charge in [-0.15, -0.1) is 0 Å². The molecule has 168 valence electrons. The first-order valence-electron chi connectivity index (χ1n) is 9.73. The van der Waals surface area contributed by atoms with E-state index in [1.54, 1.807) is 38.1 Å². The third-order valence-corrected chi connectivity index (χ3v) is 4.89. The quantitative estimate of drug-likeness (QED) is 0.347. The summed E-state index contributed by atoms with van der Waals surface area (Å²) < 4.78 is 20.7. The number of methoxy groups -OCH3 is 1. The van der Waals surface area contributed by atoms with E-state index in [2.05, 4.69) is 5.32 Å². The van der Waals surface area contributed by atoms with Crippen LogP contribution >= 0.6 is 11.6 Å². The molecular formula is C22H26ClNO7. The van der Waals surface area contributed by atoms with Crippen molar-refractivity contribution in [3.63, 3.8) is 0 Å². The van der Waals surface area contributed by atoms with Crippen molar-refractivity contribution >= 4 is 29.5 Å². The van der Waals surface area contributed by atoms with E-state index >= 15 is 0 Å². The van der Waals surface area contributed by atoms with Crippen LogP contribution in [0.5, 0.6) is 0 Å². The number of carbonyl (C=O) groups is 3. The molecule has 2 rings (SSSR count). The van der Waals surface area contributed by atoms with Crippen molar-refractivity contribution in [3.8, 4) is 0 Å². The Bertz CT molecular complexity index is 907. The number of dihydropyridines is 1. The maximum absolute atomic E-state index is 13.0. The van der Waals surface area contributed by atoms with Crippen LogP contribution in [0.1, 0.15) is 32.3 Å². The molecule has 0 saturated heterocycles. The summed E-state index contributed by atoms with van der Waals surface area (Å²) in [6.45, 7) is 5.06. The van der Waals surface area contributed by atoms with Crippen molar-refractivity contribution in [3.05, 3.63) is 57.4 Å². The van der Waals surface area contributed by atoms with Gasteiger partial charge in [-0.25, -0.2) is 9.59 Å². The minimum Gasteiger partial charge on any atom is -0.466 e. The highest BCUT2D eigenvalue weighted by molar-refractivity contribution is 6.31. The first-order chi connectivity index (χ1) is 14.8. The van der Waals surface area contributed by atoms with Crippen LogP contribution in [0.2, 0.25) is 5.02 Å². The normalized spacial score (nSPS) is 16.0. The minimum absolute atomic E-state index is 0.00214. The highest BCUT2D eigenvalue weighted by Gasteiger charge is 2.39. The Hall–Kier alpha value is -2.84. The molecule has 0 radical (unpaired) electrons. The van der Waals surface area contributed by atoms with Crippen LogP contribution in [0, 0.1) is 0 Å². The van der Waals surface area contributed by atoms with Gasteiger partial charge in [0.25, 0.3) is 0 Å². The number of halogens is 1. The Balaban J connectivity index is 2.52. The van der Waals surface area contributed by atoms with Crippen molar-refractivity contribution in [2.45, 2.75) is 26.7 Å². The number of esters is 3. The zero-order valence-corrected chi connectivity index (χ0v) is 18.7. The van der Waals surface area contributed by atoms with E-state index in [0.717, 1.165) is 0 Å². The lowest BCUT2D eigenvalue weighted by molar-refractivity contribution is -0.142. The van der Waals surface area contributed by atoms with Crippen LogP contribution in [0.3, 0.4) is 0 Å². The Morgan fingerprint density at radius 2 is 1.77 bits per heavy atom. The summed E-state index contributed by atoms with van der Waals surface area (Å²) in [5.41, 5.74) is 1.95. The van der Waals surface area contributed by atoms with Crippen molar-refractivity contribution < 1.29 is 33.3 Å². The Kier molecular flexibility index (Phi) is 9.08. The smallest absolute Gasteiger partial charge is 0.336 e. The summed E-state index contributed by atoms with van der Waals surface area (Å²) in [5.74, 6) is -2.42. The molecule has 0 spiro atoms. The van der Waals surface area contributed by atoms with Crippen LogP contribution in [-0.2, 0) is 33.3 Å².